The van der Waals surface area contributed by atoms with Crippen molar-refractivity contribution in [3.05, 3.63) is 70.9 Å². The first-order chi connectivity index (χ1) is 12.9. The van der Waals surface area contributed by atoms with Crippen molar-refractivity contribution in [3.8, 4) is 5.75 Å². The molecule has 2 aromatic rings. The number of nitrogens with zero attached hydrogens (tertiary/aromatic N) is 2. The Hall–Kier alpha value is -2.79. The Morgan fingerprint density at radius 2 is 1.93 bits per heavy atom. The highest BCUT2D eigenvalue weighted by Gasteiger charge is 2.37. The predicted molar refractivity (Wildman–Crippen MR) is 110 cm³/mol. The van der Waals surface area contributed by atoms with E-state index in [9.17, 15) is 4.79 Å². The largest absolute Gasteiger partial charge is 0.484 e. The molecular weight excluding hydrogens is 362 g/mol. The summed E-state index contributed by atoms with van der Waals surface area (Å²) in [6.45, 7) is 4.23. The average Bonchev–Trinajstić information content (AvgIpc) is 2.85. The van der Waals surface area contributed by atoms with E-state index in [1.54, 1.807) is 30.5 Å². The van der Waals surface area contributed by atoms with Crippen molar-refractivity contribution in [2.45, 2.75) is 19.3 Å². The van der Waals surface area contributed by atoms with Crippen LogP contribution < -0.4 is 15.1 Å². The first kappa shape index (κ1) is 19.0. The highest BCUT2D eigenvalue weighted by atomic mass is 35.5. The van der Waals surface area contributed by atoms with Gasteiger partial charge in [0.05, 0.1) is 0 Å². The molecule has 1 aliphatic rings. The van der Waals surface area contributed by atoms with Gasteiger partial charge in [0.2, 0.25) is 0 Å². The number of allylic oxidation sites excluding steroid dienone is 2. The molecule has 1 amide bonds. The normalized spacial score (nSPS) is 16.6. The number of ether oxygens (including phenoxy) is 1. The van der Waals surface area contributed by atoms with Gasteiger partial charge in [0.1, 0.15) is 5.75 Å². The molecule has 1 N–H and O–H groups in total. The van der Waals surface area contributed by atoms with E-state index in [0.29, 0.717) is 10.8 Å². The lowest BCUT2D eigenvalue weighted by atomic mass is 9.84. The van der Waals surface area contributed by atoms with Gasteiger partial charge in [-0.15, -0.1) is 0 Å². The fourth-order valence-corrected chi connectivity index (χ4v) is 3.36. The molecule has 140 valence electrons. The summed E-state index contributed by atoms with van der Waals surface area (Å²) >= 11 is 5.81. The van der Waals surface area contributed by atoms with Crippen LogP contribution in [-0.4, -0.2) is 25.8 Å². The molecule has 0 saturated carbocycles. The molecule has 0 radical (unpaired) electrons. The first-order valence-corrected chi connectivity index (χ1v) is 9.01. The Morgan fingerprint density at radius 3 is 2.63 bits per heavy atom. The number of hydrogen-bond acceptors (Lipinski definition) is 4. The number of hydrogen-bond donors (Lipinski definition) is 1. The van der Waals surface area contributed by atoms with Crippen LogP contribution >= 0.6 is 11.6 Å². The Morgan fingerprint density at radius 1 is 1.22 bits per heavy atom. The minimum Gasteiger partial charge on any atom is -0.484 e. The summed E-state index contributed by atoms with van der Waals surface area (Å²) in [7, 11) is 2.03. The number of likely N-dealkylation sites (N-methyl/N-ethyl adjacent to an activating group) is 1. The monoisotopic (exact) mass is 383 g/mol. The molecule has 0 bridgehead atoms. The van der Waals surface area contributed by atoms with Crippen LogP contribution in [0.25, 0.3) is 0 Å². The zero-order valence-electron chi connectivity index (χ0n) is 15.6. The molecule has 1 heterocycles. The summed E-state index contributed by atoms with van der Waals surface area (Å²) in [4.78, 5) is 14.0. The standard InChI is InChI=1S/C21H22ClN3O2/c1-21(2)17-6-4-5-7-18(17)25(3)19(21)12-13-23-24-20(26)14-27-16-10-8-15(22)9-11-16/h4-13H,14H2,1-3H3,(H,24,26)/b19-12+,23-13+. The Balaban J connectivity index is 1.57. The quantitative estimate of drug-likeness (QED) is 0.623. The number of amides is 1. The van der Waals surface area contributed by atoms with E-state index in [1.807, 2.05) is 25.3 Å². The maximum absolute atomic E-state index is 11.8. The molecule has 0 spiro atoms. The lowest BCUT2D eigenvalue weighted by Crippen LogP contribution is -2.25. The molecule has 0 saturated heterocycles. The number of nitrogens with one attached hydrogen (secondary N) is 1. The molecule has 27 heavy (non-hydrogen) atoms. The lowest BCUT2D eigenvalue weighted by molar-refractivity contribution is -0.123. The molecule has 0 atom stereocenters. The highest BCUT2D eigenvalue weighted by Crippen LogP contribution is 2.46. The number of para-hydroxylation sites is 1. The Bertz CT molecular complexity index is 889. The van der Waals surface area contributed by atoms with Crippen molar-refractivity contribution in [1.82, 2.24) is 5.43 Å². The number of benzene rings is 2. The first-order valence-electron chi connectivity index (χ1n) is 8.64. The molecule has 1 aliphatic heterocycles. The second-order valence-electron chi connectivity index (χ2n) is 6.81. The van der Waals surface area contributed by atoms with Crippen molar-refractivity contribution in [2.75, 3.05) is 18.6 Å². The van der Waals surface area contributed by atoms with E-state index in [0.717, 1.165) is 5.70 Å². The van der Waals surface area contributed by atoms with Gasteiger partial charge in [-0.1, -0.05) is 43.6 Å². The van der Waals surface area contributed by atoms with Crippen molar-refractivity contribution in [1.29, 1.82) is 0 Å². The van der Waals surface area contributed by atoms with Crippen LogP contribution in [0.5, 0.6) is 5.75 Å². The zero-order valence-corrected chi connectivity index (χ0v) is 16.3. The van der Waals surface area contributed by atoms with Gasteiger partial charge in [0, 0.05) is 35.1 Å². The number of rotatable bonds is 5. The fraction of sp³-hybridized carbons (Fsp3) is 0.238. The molecule has 6 heteroatoms. The Kier molecular flexibility index (Phi) is 5.51. The summed E-state index contributed by atoms with van der Waals surface area (Å²) in [5, 5.41) is 4.61. The van der Waals surface area contributed by atoms with Crippen LogP contribution in [0, 0.1) is 0 Å². The Labute approximate surface area is 164 Å². The van der Waals surface area contributed by atoms with Gasteiger partial charge in [0.15, 0.2) is 6.61 Å². The minimum atomic E-state index is -0.332. The maximum Gasteiger partial charge on any atom is 0.277 e. The molecule has 0 fully saturated rings. The second-order valence-corrected chi connectivity index (χ2v) is 7.25. The van der Waals surface area contributed by atoms with E-state index in [-0.39, 0.29) is 17.9 Å². The fourth-order valence-electron chi connectivity index (χ4n) is 3.23. The minimum absolute atomic E-state index is 0.119. The second kappa shape index (κ2) is 7.84. The lowest BCUT2D eigenvalue weighted by Gasteiger charge is -2.23. The zero-order chi connectivity index (χ0) is 19.4. The van der Waals surface area contributed by atoms with Crippen molar-refractivity contribution < 1.29 is 9.53 Å². The number of halogens is 1. The molecule has 5 nitrogen and oxygen atoms in total. The van der Waals surface area contributed by atoms with Gasteiger partial charge < -0.3 is 9.64 Å². The topological polar surface area (TPSA) is 53.9 Å². The number of carbonyl (C=O) groups is 1. The van der Waals surface area contributed by atoms with Gasteiger partial charge in [-0.2, -0.15) is 5.10 Å². The van der Waals surface area contributed by atoms with Crippen molar-refractivity contribution in [3.63, 3.8) is 0 Å². The van der Waals surface area contributed by atoms with E-state index in [4.69, 9.17) is 16.3 Å². The van der Waals surface area contributed by atoms with Gasteiger partial charge in [0.25, 0.3) is 5.91 Å². The van der Waals surface area contributed by atoms with Crippen LogP contribution in [-0.2, 0) is 10.2 Å². The van der Waals surface area contributed by atoms with Crippen LogP contribution in [0.2, 0.25) is 5.02 Å². The number of anilines is 1. The van der Waals surface area contributed by atoms with Crippen molar-refractivity contribution >= 4 is 29.4 Å². The third kappa shape index (κ3) is 4.14. The maximum atomic E-state index is 11.8. The summed E-state index contributed by atoms with van der Waals surface area (Å²) < 4.78 is 5.38. The number of fused-ring (bicyclic) bond motifs is 1. The molecule has 0 aliphatic carbocycles. The van der Waals surface area contributed by atoms with Gasteiger partial charge in [-0.3, -0.25) is 4.79 Å². The third-order valence-corrected chi connectivity index (χ3v) is 4.87. The van der Waals surface area contributed by atoms with Crippen LogP contribution in [0.15, 0.2) is 65.4 Å². The average molecular weight is 384 g/mol. The smallest absolute Gasteiger partial charge is 0.277 e. The van der Waals surface area contributed by atoms with E-state index < -0.39 is 0 Å². The molecule has 2 aromatic carbocycles. The molecule has 0 aromatic heterocycles. The summed E-state index contributed by atoms with van der Waals surface area (Å²) in [5.41, 5.74) is 5.91. The summed E-state index contributed by atoms with van der Waals surface area (Å²) in [6.07, 6.45) is 3.51. The molecule has 3 rings (SSSR count). The van der Waals surface area contributed by atoms with Gasteiger partial charge in [-0.25, -0.2) is 5.43 Å². The van der Waals surface area contributed by atoms with Crippen LogP contribution in [0.3, 0.4) is 0 Å². The number of hydrazone groups is 1. The van der Waals surface area contributed by atoms with Gasteiger partial charge in [-0.05, 0) is 42.0 Å². The van der Waals surface area contributed by atoms with Crippen LogP contribution in [0.4, 0.5) is 5.69 Å². The SMILES string of the molecule is CN1/C(=C/C=N/NC(=O)COc2ccc(Cl)cc2)C(C)(C)c2ccccc21. The van der Waals surface area contributed by atoms with E-state index in [1.165, 1.54) is 11.3 Å². The summed E-state index contributed by atoms with van der Waals surface area (Å²) in [5.74, 6) is 0.245. The van der Waals surface area contributed by atoms with E-state index in [2.05, 4.69) is 41.4 Å². The van der Waals surface area contributed by atoms with Crippen molar-refractivity contribution in [2.24, 2.45) is 5.10 Å². The van der Waals surface area contributed by atoms with Crippen LogP contribution in [0.1, 0.15) is 19.4 Å². The third-order valence-electron chi connectivity index (χ3n) is 4.62. The summed E-state index contributed by atoms with van der Waals surface area (Å²) in [6, 6.07) is 15.1. The predicted octanol–water partition coefficient (Wildman–Crippen LogP) is 4.13. The molecule has 0 unspecified atom stereocenters. The van der Waals surface area contributed by atoms with Gasteiger partial charge >= 0.3 is 0 Å². The molecular formula is C21H22ClN3O2. The number of carbonyl (C=O) groups excluding carboxylic acids is 1. The highest BCUT2D eigenvalue weighted by molar-refractivity contribution is 6.30. The van der Waals surface area contributed by atoms with E-state index >= 15 is 0 Å².